The average molecular weight is 1000 g/mol. The molecule has 1 aliphatic rings. The zero-order valence-electron chi connectivity index (χ0n) is 45.3. The number of unbranched alkanes of at least 4 members (excludes halogenated alkanes) is 28. The first-order valence-electron chi connectivity index (χ1n) is 29.1. The molecule has 1 saturated heterocycles. The molecule has 8 atom stereocenters. The largest absolute Gasteiger partial charge is 0.454 e. The fourth-order valence-electron chi connectivity index (χ4n) is 8.82. The summed E-state index contributed by atoms with van der Waals surface area (Å²) in [6.45, 7) is 5.63. The van der Waals surface area contributed by atoms with Crippen LogP contribution in [0.4, 0.5) is 0 Å². The Hall–Kier alpha value is -2.64. The highest BCUT2D eigenvalue weighted by Crippen LogP contribution is 2.26. The van der Waals surface area contributed by atoms with Crippen LogP contribution in [0.25, 0.3) is 0 Å². The van der Waals surface area contributed by atoms with Crippen molar-refractivity contribution in [3.8, 4) is 0 Å². The van der Waals surface area contributed by atoms with Crippen LogP contribution in [0.5, 0.6) is 0 Å². The van der Waals surface area contributed by atoms with Crippen LogP contribution in [-0.4, -0.2) is 99.6 Å². The van der Waals surface area contributed by atoms with E-state index in [4.69, 9.17) is 14.2 Å². The number of amides is 1. The Kier molecular flexibility index (Phi) is 45.2. The molecule has 1 fully saturated rings. The molecule has 0 aliphatic carbocycles. The lowest BCUT2D eigenvalue weighted by molar-refractivity contribution is -0.305. The van der Waals surface area contributed by atoms with Crippen LogP contribution >= 0.6 is 0 Å². The molecule has 11 heteroatoms. The Balaban J connectivity index is 2.72. The Bertz CT molecular complexity index is 1380. The number of carbonyl (C=O) groups excluding carboxylic acids is 2. The van der Waals surface area contributed by atoms with E-state index >= 15 is 0 Å². The van der Waals surface area contributed by atoms with Crippen LogP contribution in [0.1, 0.15) is 245 Å². The number of aliphatic hydroxyl groups excluding tert-OH is 5. The fraction of sp³-hybridized carbons (Fsp3) is 0.800. The number of esters is 1. The lowest BCUT2D eigenvalue weighted by atomic mass is 9.99. The summed E-state index contributed by atoms with van der Waals surface area (Å²) >= 11 is 0. The molecule has 0 saturated carbocycles. The molecule has 1 amide bonds. The Labute approximate surface area is 433 Å². The number of allylic oxidation sites excluding steroid dienone is 9. The monoisotopic (exact) mass is 1000 g/mol. The second-order valence-corrected chi connectivity index (χ2v) is 20.1. The third-order valence-electron chi connectivity index (χ3n) is 13.5. The molecule has 412 valence electrons. The van der Waals surface area contributed by atoms with Gasteiger partial charge < -0.3 is 45.1 Å². The fourth-order valence-corrected chi connectivity index (χ4v) is 8.82. The minimum atomic E-state index is -1.62. The van der Waals surface area contributed by atoms with Gasteiger partial charge in [0.2, 0.25) is 5.91 Å². The molecule has 1 aliphatic heterocycles. The van der Waals surface area contributed by atoms with Crippen molar-refractivity contribution in [1.82, 2.24) is 5.32 Å². The molecular formula is C60H107NO10. The van der Waals surface area contributed by atoms with E-state index in [0.29, 0.717) is 12.8 Å². The van der Waals surface area contributed by atoms with Gasteiger partial charge in [-0.15, -0.1) is 0 Å². The van der Waals surface area contributed by atoms with E-state index in [1.165, 1.54) is 96.3 Å². The predicted molar refractivity (Wildman–Crippen MR) is 292 cm³/mol. The quantitative estimate of drug-likeness (QED) is 0.0149. The van der Waals surface area contributed by atoms with Gasteiger partial charge in [-0.25, -0.2) is 0 Å². The zero-order chi connectivity index (χ0) is 51.8. The Morgan fingerprint density at radius 1 is 0.563 bits per heavy atom. The van der Waals surface area contributed by atoms with E-state index in [-0.39, 0.29) is 19.4 Å². The average Bonchev–Trinajstić information content (AvgIpc) is 3.37. The van der Waals surface area contributed by atoms with Crippen molar-refractivity contribution < 1.29 is 49.3 Å². The van der Waals surface area contributed by atoms with Gasteiger partial charge in [0.25, 0.3) is 0 Å². The van der Waals surface area contributed by atoms with E-state index in [2.05, 4.69) is 68.6 Å². The highest BCUT2D eigenvalue weighted by atomic mass is 16.7. The number of hydrogen-bond donors (Lipinski definition) is 6. The highest BCUT2D eigenvalue weighted by Gasteiger charge is 2.47. The van der Waals surface area contributed by atoms with E-state index in [1.807, 2.05) is 12.2 Å². The number of rotatable bonds is 48. The van der Waals surface area contributed by atoms with Gasteiger partial charge in [-0.05, 0) is 70.6 Å². The van der Waals surface area contributed by atoms with E-state index in [9.17, 15) is 35.1 Å². The summed E-state index contributed by atoms with van der Waals surface area (Å²) in [5, 5.41) is 56.8. The second kappa shape index (κ2) is 48.3. The molecule has 0 bridgehead atoms. The van der Waals surface area contributed by atoms with Gasteiger partial charge in [-0.2, -0.15) is 0 Å². The third-order valence-corrected chi connectivity index (χ3v) is 13.5. The van der Waals surface area contributed by atoms with Crippen molar-refractivity contribution in [3.05, 3.63) is 60.8 Å². The molecular weight excluding hydrogens is 895 g/mol. The first-order chi connectivity index (χ1) is 34.7. The molecule has 0 spiro atoms. The van der Waals surface area contributed by atoms with Crippen molar-refractivity contribution in [2.24, 2.45) is 0 Å². The smallest absolute Gasteiger partial charge is 0.306 e. The van der Waals surface area contributed by atoms with Crippen LogP contribution in [0.2, 0.25) is 0 Å². The van der Waals surface area contributed by atoms with E-state index < -0.39 is 67.4 Å². The third kappa shape index (κ3) is 36.9. The molecule has 0 aromatic carbocycles. The number of nitrogens with one attached hydrogen (secondary N) is 1. The zero-order valence-corrected chi connectivity index (χ0v) is 45.3. The summed E-state index contributed by atoms with van der Waals surface area (Å²) < 4.78 is 17.6. The highest BCUT2D eigenvalue weighted by molar-refractivity contribution is 5.80. The first kappa shape index (κ1) is 66.4. The molecule has 6 N–H and O–H groups in total. The van der Waals surface area contributed by atoms with Gasteiger partial charge in [0.1, 0.15) is 24.4 Å². The van der Waals surface area contributed by atoms with Crippen molar-refractivity contribution in [3.63, 3.8) is 0 Å². The topological polar surface area (TPSA) is 175 Å². The van der Waals surface area contributed by atoms with E-state index in [0.717, 1.165) is 103 Å². The number of hydrogen-bond acceptors (Lipinski definition) is 10. The summed E-state index contributed by atoms with van der Waals surface area (Å²) in [6.07, 6.45) is 48.3. The van der Waals surface area contributed by atoms with Crippen molar-refractivity contribution >= 4 is 11.9 Å². The normalized spacial score (nSPS) is 20.0. The minimum Gasteiger partial charge on any atom is -0.454 e. The van der Waals surface area contributed by atoms with E-state index in [1.54, 1.807) is 6.08 Å². The minimum absolute atomic E-state index is 0.108. The standard InChI is InChI=1S/C60H107NO10/c1-4-7-10-13-16-19-22-24-26-28-29-32-35-38-41-44-47-53(64)59(68)61-51(52(63)46-43-40-37-34-31-21-18-15-12-9-6-3)50-69-60-58(57(67)56(66)54(49-62)70-60)71-55(65)48-45-42-39-36-33-30-27-25-23-20-17-14-11-8-5-2/h8,11,14,17,20,23-24,26,43,46,51-54,56-58,60,62-64,66-67H,4-7,9-10,12-13,15-16,18-19,21-22,25,27-42,44-45,47-50H2,1-3H3,(H,61,68)/b11-8+,17-14+,23-20+,26-24+,46-43+. The molecule has 11 nitrogen and oxygen atoms in total. The van der Waals surface area contributed by atoms with Crippen LogP contribution in [0.3, 0.4) is 0 Å². The molecule has 1 heterocycles. The van der Waals surface area contributed by atoms with Gasteiger partial charge in [0.15, 0.2) is 12.4 Å². The van der Waals surface area contributed by atoms with Crippen molar-refractivity contribution in [2.75, 3.05) is 13.2 Å². The van der Waals surface area contributed by atoms with Crippen molar-refractivity contribution in [1.29, 1.82) is 0 Å². The van der Waals surface area contributed by atoms with Gasteiger partial charge in [-0.3, -0.25) is 9.59 Å². The summed E-state index contributed by atoms with van der Waals surface area (Å²) in [7, 11) is 0. The van der Waals surface area contributed by atoms with Gasteiger partial charge in [0, 0.05) is 6.42 Å². The van der Waals surface area contributed by atoms with Gasteiger partial charge >= 0.3 is 5.97 Å². The molecule has 0 aromatic rings. The predicted octanol–water partition coefficient (Wildman–Crippen LogP) is 13.1. The van der Waals surface area contributed by atoms with Crippen LogP contribution < -0.4 is 5.32 Å². The van der Waals surface area contributed by atoms with Crippen LogP contribution in [-0.2, 0) is 23.8 Å². The summed E-state index contributed by atoms with van der Waals surface area (Å²) in [5.74, 6) is -1.21. The maximum atomic E-state index is 13.4. The maximum Gasteiger partial charge on any atom is 0.306 e. The van der Waals surface area contributed by atoms with Gasteiger partial charge in [-0.1, -0.05) is 229 Å². The van der Waals surface area contributed by atoms with Crippen molar-refractivity contribution in [2.45, 2.75) is 294 Å². The molecule has 1 rings (SSSR count). The van der Waals surface area contributed by atoms with Gasteiger partial charge in [0.05, 0.1) is 25.4 Å². The Morgan fingerprint density at radius 2 is 1.03 bits per heavy atom. The number of ether oxygens (including phenoxy) is 3. The van der Waals surface area contributed by atoms with Crippen LogP contribution in [0.15, 0.2) is 60.8 Å². The maximum absolute atomic E-state index is 13.4. The molecule has 71 heavy (non-hydrogen) atoms. The summed E-state index contributed by atoms with van der Waals surface area (Å²) in [5.41, 5.74) is 0. The molecule has 8 unspecified atom stereocenters. The number of carbonyl (C=O) groups is 2. The lowest BCUT2D eigenvalue weighted by Crippen LogP contribution is -2.61. The SMILES string of the molecule is CC/C=C/C=C/C=C/CCCCCCCCCC(=O)OC1C(OCC(NC(=O)C(O)CCCCCCCC/C=C/CCCCCCCC)C(O)/C=C/CCCCCCCCCCC)OC(CO)C(O)C1O. The lowest BCUT2D eigenvalue weighted by Gasteiger charge is -2.41. The summed E-state index contributed by atoms with van der Waals surface area (Å²) in [6, 6.07) is -1.03. The van der Waals surface area contributed by atoms with Crippen LogP contribution in [0, 0.1) is 0 Å². The molecule has 0 aromatic heterocycles. The first-order valence-corrected chi connectivity index (χ1v) is 29.1. The second-order valence-electron chi connectivity index (χ2n) is 20.1. The summed E-state index contributed by atoms with van der Waals surface area (Å²) in [4.78, 5) is 26.4. The molecule has 0 radical (unpaired) electrons. The Morgan fingerprint density at radius 3 is 1.55 bits per heavy atom. The number of aliphatic hydroxyl groups is 5.